The maximum Gasteiger partial charge on any atom is 0.0457 e. The van der Waals surface area contributed by atoms with E-state index >= 15 is 0 Å². The Morgan fingerprint density at radius 3 is 2.93 bits per heavy atom. The predicted molar refractivity (Wildman–Crippen MR) is 64.7 cm³/mol. The third-order valence-electron chi connectivity index (χ3n) is 2.66. The molecule has 0 atom stereocenters. The summed E-state index contributed by atoms with van der Waals surface area (Å²) in [6.07, 6.45) is 3.82. The lowest BCUT2D eigenvalue weighted by Crippen LogP contribution is -1.98. The van der Waals surface area contributed by atoms with E-state index in [0.717, 1.165) is 12.8 Å². The Labute approximate surface area is 89.8 Å². The number of hydrogen-bond acceptors (Lipinski definition) is 1. The van der Waals surface area contributed by atoms with Gasteiger partial charge in [-0.2, -0.15) is 0 Å². The van der Waals surface area contributed by atoms with E-state index in [9.17, 15) is 0 Å². The maximum atomic E-state index is 5.64. The molecule has 0 fully saturated rings. The number of rotatable bonds is 3. The van der Waals surface area contributed by atoms with Crippen molar-refractivity contribution in [2.75, 3.05) is 0 Å². The first kappa shape index (κ1) is 9.84. The minimum Gasteiger partial charge on any atom is -0.402 e. The molecule has 0 aliphatic rings. The third-order valence-corrected chi connectivity index (χ3v) is 2.66. The number of aryl methyl sites for hydroxylation is 1. The summed E-state index contributed by atoms with van der Waals surface area (Å²) in [5.74, 6) is 0. The Kier molecular flexibility index (Phi) is 2.50. The molecule has 1 aromatic carbocycles. The Bertz CT molecular complexity index is 494. The van der Waals surface area contributed by atoms with Crippen molar-refractivity contribution < 1.29 is 0 Å². The van der Waals surface area contributed by atoms with Crippen LogP contribution in [0.25, 0.3) is 10.9 Å². The van der Waals surface area contributed by atoms with Crippen LogP contribution in [-0.4, -0.2) is 4.98 Å². The van der Waals surface area contributed by atoms with Gasteiger partial charge >= 0.3 is 0 Å². The second kappa shape index (κ2) is 3.81. The first-order valence-electron chi connectivity index (χ1n) is 5.23. The van der Waals surface area contributed by atoms with Crippen LogP contribution >= 0.6 is 0 Å². The molecule has 78 valence electrons. The maximum absolute atomic E-state index is 5.64. The van der Waals surface area contributed by atoms with E-state index in [2.05, 4.69) is 36.7 Å². The van der Waals surface area contributed by atoms with Crippen molar-refractivity contribution in [3.8, 4) is 0 Å². The molecule has 1 heterocycles. The molecule has 15 heavy (non-hydrogen) atoms. The van der Waals surface area contributed by atoms with E-state index in [1.54, 1.807) is 0 Å². The Morgan fingerprint density at radius 1 is 1.47 bits per heavy atom. The smallest absolute Gasteiger partial charge is 0.0457 e. The van der Waals surface area contributed by atoms with Crippen LogP contribution in [0.2, 0.25) is 0 Å². The second-order valence-corrected chi connectivity index (χ2v) is 3.88. The van der Waals surface area contributed by atoms with E-state index < -0.39 is 0 Å². The van der Waals surface area contributed by atoms with E-state index in [1.165, 1.54) is 22.0 Å². The van der Waals surface area contributed by atoms with Crippen molar-refractivity contribution in [3.63, 3.8) is 0 Å². The Balaban J connectivity index is 2.51. The molecular weight excluding hydrogens is 184 g/mol. The Morgan fingerprint density at radius 2 is 2.27 bits per heavy atom. The molecule has 0 spiro atoms. The molecule has 0 aliphatic heterocycles. The van der Waals surface area contributed by atoms with Gasteiger partial charge in [0.05, 0.1) is 0 Å². The summed E-state index contributed by atoms with van der Waals surface area (Å²) in [5.41, 5.74) is 10.1. The van der Waals surface area contributed by atoms with Gasteiger partial charge < -0.3 is 10.7 Å². The molecule has 2 nitrogen and oxygen atoms in total. The number of allylic oxidation sites excluding steroid dienone is 1. The van der Waals surface area contributed by atoms with Crippen LogP contribution in [0.15, 0.2) is 36.7 Å². The molecule has 0 saturated carbocycles. The van der Waals surface area contributed by atoms with Crippen LogP contribution in [0.3, 0.4) is 0 Å². The van der Waals surface area contributed by atoms with E-state index in [0.29, 0.717) is 5.70 Å². The molecule has 0 aliphatic carbocycles. The Hall–Kier alpha value is -1.70. The highest BCUT2D eigenvalue weighted by molar-refractivity contribution is 5.84. The van der Waals surface area contributed by atoms with Crippen molar-refractivity contribution >= 4 is 10.9 Å². The normalized spacial score (nSPS) is 10.7. The minimum atomic E-state index is 0.706. The summed E-state index contributed by atoms with van der Waals surface area (Å²) in [6, 6.07) is 6.50. The van der Waals surface area contributed by atoms with Gasteiger partial charge in [0.25, 0.3) is 0 Å². The topological polar surface area (TPSA) is 41.8 Å². The SMILES string of the molecule is C=C(N)Cc1c[nH]c2ccc(CC)cc12. The van der Waals surface area contributed by atoms with Crippen molar-refractivity contribution in [3.05, 3.63) is 47.8 Å². The average Bonchev–Trinajstić information content (AvgIpc) is 2.60. The molecule has 0 bridgehead atoms. The van der Waals surface area contributed by atoms with Gasteiger partial charge in [0.15, 0.2) is 0 Å². The molecule has 2 rings (SSSR count). The van der Waals surface area contributed by atoms with Crippen LogP contribution in [0.1, 0.15) is 18.1 Å². The number of H-pyrrole nitrogens is 1. The lowest BCUT2D eigenvalue weighted by Gasteiger charge is -2.00. The minimum absolute atomic E-state index is 0.706. The summed E-state index contributed by atoms with van der Waals surface area (Å²) >= 11 is 0. The fourth-order valence-corrected chi connectivity index (χ4v) is 1.84. The molecule has 0 amide bonds. The van der Waals surface area contributed by atoms with Crippen LogP contribution < -0.4 is 5.73 Å². The van der Waals surface area contributed by atoms with Crippen LogP contribution in [0.4, 0.5) is 0 Å². The summed E-state index contributed by atoms with van der Waals surface area (Å²) in [5, 5.41) is 1.26. The number of nitrogens with two attached hydrogens (primary N) is 1. The number of aromatic amines is 1. The van der Waals surface area contributed by atoms with E-state index in [4.69, 9.17) is 5.73 Å². The first-order valence-corrected chi connectivity index (χ1v) is 5.23. The number of fused-ring (bicyclic) bond motifs is 1. The second-order valence-electron chi connectivity index (χ2n) is 3.88. The van der Waals surface area contributed by atoms with Gasteiger partial charge in [-0.1, -0.05) is 19.6 Å². The van der Waals surface area contributed by atoms with Crippen LogP contribution in [-0.2, 0) is 12.8 Å². The number of benzene rings is 1. The molecular formula is C13H16N2. The molecule has 3 N–H and O–H groups in total. The number of aromatic nitrogens is 1. The highest BCUT2D eigenvalue weighted by atomic mass is 14.7. The fourth-order valence-electron chi connectivity index (χ4n) is 1.84. The predicted octanol–water partition coefficient (Wildman–Crippen LogP) is 2.75. The number of nitrogens with one attached hydrogen (secondary N) is 1. The molecule has 0 unspecified atom stereocenters. The summed E-state index contributed by atoms with van der Waals surface area (Å²) in [6.45, 7) is 5.91. The van der Waals surface area contributed by atoms with Gasteiger partial charge in [-0.3, -0.25) is 0 Å². The summed E-state index contributed by atoms with van der Waals surface area (Å²) in [4.78, 5) is 3.25. The lowest BCUT2D eigenvalue weighted by molar-refractivity contribution is 1.13. The van der Waals surface area contributed by atoms with Crippen molar-refractivity contribution in [1.82, 2.24) is 4.98 Å². The van der Waals surface area contributed by atoms with Gasteiger partial charge in [-0.25, -0.2) is 0 Å². The zero-order valence-corrected chi connectivity index (χ0v) is 9.01. The van der Waals surface area contributed by atoms with Gasteiger partial charge in [-0.05, 0) is 29.7 Å². The quantitative estimate of drug-likeness (QED) is 0.786. The van der Waals surface area contributed by atoms with Crippen molar-refractivity contribution in [2.24, 2.45) is 5.73 Å². The summed E-state index contributed by atoms with van der Waals surface area (Å²) in [7, 11) is 0. The van der Waals surface area contributed by atoms with Crippen molar-refractivity contribution in [1.29, 1.82) is 0 Å². The molecule has 2 heteroatoms. The van der Waals surface area contributed by atoms with Gasteiger partial charge in [0.2, 0.25) is 0 Å². The van der Waals surface area contributed by atoms with Gasteiger partial charge in [-0.15, -0.1) is 0 Å². The first-order chi connectivity index (χ1) is 7.20. The highest BCUT2D eigenvalue weighted by Gasteiger charge is 2.04. The lowest BCUT2D eigenvalue weighted by atomic mass is 10.1. The molecule has 2 aromatic rings. The van der Waals surface area contributed by atoms with Crippen LogP contribution in [0, 0.1) is 0 Å². The van der Waals surface area contributed by atoms with E-state index in [1.807, 2.05) is 6.20 Å². The standard InChI is InChI=1S/C13H16N2/c1-3-10-4-5-13-12(7-10)11(8-15-13)6-9(2)14/h4-5,7-8,15H,2-3,6,14H2,1H3. The molecule has 0 radical (unpaired) electrons. The average molecular weight is 200 g/mol. The zero-order chi connectivity index (χ0) is 10.8. The molecule has 0 saturated heterocycles. The van der Waals surface area contributed by atoms with E-state index in [-0.39, 0.29) is 0 Å². The number of hydrogen-bond donors (Lipinski definition) is 2. The molecule has 1 aromatic heterocycles. The van der Waals surface area contributed by atoms with Gasteiger partial charge in [0.1, 0.15) is 0 Å². The third kappa shape index (κ3) is 1.89. The monoisotopic (exact) mass is 200 g/mol. The highest BCUT2D eigenvalue weighted by Crippen LogP contribution is 2.21. The van der Waals surface area contributed by atoms with Crippen molar-refractivity contribution in [2.45, 2.75) is 19.8 Å². The van der Waals surface area contributed by atoms with Crippen LogP contribution in [0.5, 0.6) is 0 Å². The zero-order valence-electron chi connectivity index (χ0n) is 9.01. The largest absolute Gasteiger partial charge is 0.402 e. The fraction of sp³-hybridized carbons (Fsp3) is 0.231. The van der Waals surface area contributed by atoms with Gasteiger partial charge in [0, 0.05) is 29.2 Å². The summed E-state index contributed by atoms with van der Waals surface area (Å²) < 4.78 is 0.